The number of amides is 2. The largest absolute Gasteiger partial charge is 0.490 e. The maximum absolute atomic E-state index is 14.0. The van der Waals surface area contributed by atoms with Crippen LogP contribution in [-0.4, -0.2) is 22.7 Å². The second-order valence-electron chi connectivity index (χ2n) is 7.53. The van der Waals surface area contributed by atoms with Gasteiger partial charge in [-0.2, -0.15) is 0 Å². The minimum absolute atomic E-state index is 0.0352. The van der Waals surface area contributed by atoms with E-state index < -0.39 is 0 Å². The number of halogens is 3. The number of ether oxygens (including phenoxy) is 2. The van der Waals surface area contributed by atoms with Gasteiger partial charge in [0.25, 0.3) is 11.1 Å². The van der Waals surface area contributed by atoms with E-state index in [2.05, 4.69) is 31.9 Å². The molecule has 9 heteroatoms. The van der Waals surface area contributed by atoms with Gasteiger partial charge in [0, 0.05) is 14.5 Å². The first-order valence-corrected chi connectivity index (χ1v) is 13.1. The number of imide groups is 1. The molecule has 0 N–H and O–H groups in total. The van der Waals surface area contributed by atoms with E-state index in [1.54, 1.807) is 36.4 Å². The van der Waals surface area contributed by atoms with E-state index >= 15 is 0 Å². The molecule has 1 saturated heterocycles. The highest BCUT2D eigenvalue weighted by Gasteiger charge is 2.35. The van der Waals surface area contributed by atoms with Crippen LogP contribution in [0.1, 0.15) is 23.6 Å². The van der Waals surface area contributed by atoms with Crippen molar-refractivity contribution in [3.63, 3.8) is 0 Å². The summed E-state index contributed by atoms with van der Waals surface area (Å²) in [5.41, 5.74) is 1.93. The SMILES string of the molecule is CCOc1cc(/C=C2\SC(=O)N(Cc3ccc(Br)cc3)C2=O)c(Br)cc1OCc1ccccc1F. The number of benzene rings is 3. The lowest BCUT2D eigenvalue weighted by Gasteiger charge is -2.15. The van der Waals surface area contributed by atoms with Gasteiger partial charge >= 0.3 is 0 Å². The molecule has 1 heterocycles. The van der Waals surface area contributed by atoms with Gasteiger partial charge in [-0.3, -0.25) is 14.5 Å². The number of nitrogens with zero attached hydrogens (tertiary/aromatic N) is 1. The highest BCUT2D eigenvalue weighted by Crippen LogP contribution is 2.39. The van der Waals surface area contributed by atoms with Crippen LogP contribution in [0.25, 0.3) is 6.08 Å². The average molecular weight is 621 g/mol. The van der Waals surface area contributed by atoms with Gasteiger partial charge < -0.3 is 9.47 Å². The number of carbonyl (C=O) groups excluding carboxylic acids is 2. The van der Waals surface area contributed by atoms with Gasteiger partial charge in [-0.15, -0.1) is 0 Å². The van der Waals surface area contributed by atoms with E-state index in [-0.39, 0.29) is 30.1 Å². The van der Waals surface area contributed by atoms with Crippen molar-refractivity contribution in [2.45, 2.75) is 20.1 Å². The highest BCUT2D eigenvalue weighted by molar-refractivity contribution is 9.10. The Kier molecular flexibility index (Phi) is 8.30. The van der Waals surface area contributed by atoms with Gasteiger partial charge in [-0.05, 0) is 66.2 Å². The molecule has 0 atom stereocenters. The van der Waals surface area contributed by atoms with Gasteiger partial charge in [0.15, 0.2) is 11.5 Å². The monoisotopic (exact) mass is 619 g/mol. The van der Waals surface area contributed by atoms with Crippen molar-refractivity contribution in [3.8, 4) is 11.5 Å². The van der Waals surface area contributed by atoms with Crippen LogP contribution in [0.2, 0.25) is 0 Å². The van der Waals surface area contributed by atoms with E-state index in [4.69, 9.17) is 9.47 Å². The van der Waals surface area contributed by atoms with Crippen molar-refractivity contribution in [1.29, 1.82) is 0 Å². The van der Waals surface area contributed by atoms with Crippen molar-refractivity contribution in [1.82, 2.24) is 4.90 Å². The predicted molar refractivity (Wildman–Crippen MR) is 142 cm³/mol. The second kappa shape index (κ2) is 11.4. The minimum atomic E-state index is -0.354. The molecule has 5 nitrogen and oxygen atoms in total. The molecular weight excluding hydrogens is 601 g/mol. The summed E-state index contributed by atoms with van der Waals surface area (Å²) in [4.78, 5) is 27.1. The van der Waals surface area contributed by atoms with Crippen molar-refractivity contribution in [2.75, 3.05) is 6.61 Å². The van der Waals surface area contributed by atoms with Crippen LogP contribution in [-0.2, 0) is 17.9 Å². The fourth-order valence-corrected chi connectivity index (χ4v) is 4.89. The summed E-state index contributed by atoms with van der Waals surface area (Å²) >= 11 is 7.79. The van der Waals surface area contributed by atoms with Gasteiger partial charge in [0.1, 0.15) is 12.4 Å². The molecule has 0 spiro atoms. The minimum Gasteiger partial charge on any atom is -0.490 e. The first-order chi connectivity index (χ1) is 16.9. The summed E-state index contributed by atoms with van der Waals surface area (Å²) in [6, 6.07) is 17.3. The molecule has 0 radical (unpaired) electrons. The molecule has 3 aromatic rings. The summed E-state index contributed by atoms with van der Waals surface area (Å²) in [6.07, 6.45) is 1.65. The average Bonchev–Trinajstić information content (AvgIpc) is 3.09. The van der Waals surface area contributed by atoms with E-state index in [1.165, 1.54) is 11.0 Å². The molecule has 1 fully saturated rings. The van der Waals surface area contributed by atoms with E-state index in [0.717, 1.165) is 21.8 Å². The Morgan fingerprint density at radius 1 is 1.00 bits per heavy atom. The Morgan fingerprint density at radius 2 is 1.71 bits per heavy atom. The molecule has 35 heavy (non-hydrogen) atoms. The highest BCUT2D eigenvalue weighted by atomic mass is 79.9. The zero-order chi connectivity index (χ0) is 24.9. The quantitative estimate of drug-likeness (QED) is 0.243. The molecule has 180 valence electrons. The molecule has 1 aliphatic rings. The number of hydrogen-bond donors (Lipinski definition) is 0. The summed E-state index contributed by atoms with van der Waals surface area (Å²) in [5, 5.41) is -0.324. The topological polar surface area (TPSA) is 55.8 Å². The molecule has 0 unspecified atom stereocenters. The third kappa shape index (κ3) is 6.15. The molecule has 0 saturated carbocycles. The molecule has 0 aliphatic carbocycles. The van der Waals surface area contributed by atoms with E-state index in [9.17, 15) is 14.0 Å². The third-order valence-corrected chi connectivity index (χ3v) is 7.24. The maximum Gasteiger partial charge on any atom is 0.293 e. The molecule has 0 bridgehead atoms. The lowest BCUT2D eigenvalue weighted by atomic mass is 10.1. The van der Waals surface area contributed by atoms with Crippen LogP contribution in [0.5, 0.6) is 11.5 Å². The first-order valence-electron chi connectivity index (χ1n) is 10.7. The van der Waals surface area contributed by atoms with Crippen molar-refractivity contribution < 1.29 is 23.5 Å². The molecule has 4 rings (SSSR count). The Labute approximate surface area is 223 Å². The molecule has 2 amide bonds. The van der Waals surface area contributed by atoms with Gasteiger partial charge in [-0.25, -0.2) is 4.39 Å². The van der Waals surface area contributed by atoms with Gasteiger partial charge in [0.05, 0.1) is 18.1 Å². The molecule has 1 aliphatic heterocycles. The number of hydrogen-bond acceptors (Lipinski definition) is 5. The predicted octanol–water partition coefficient (Wildman–Crippen LogP) is 7.56. The summed E-state index contributed by atoms with van der Waals surface area (Å²) in [5.74, 6) is 0.183. The van der Waals surface area contributed by atoms with Crippen LogP contribution in [0.15, 0.2) is 74.5 Å². The zero-order valence-corrected chi connectivity index (χ0v) is 22.6. The number of rotatable bonds is 8. The summed E-state index contributed by atoms with van der Waals surface area (Å²) < 4.78 is 27.1. The van der Waals surface area contributed by atoms with Crippen LogP contribution in [0.4, 0.5) is 9.18 Å². The summed E-state index contributed by atoms with van der Waals surface area (Å²) in [6.45, 7) is 2.47. The Morgan fingerprint density at radius 3 is 2.43 bits per heavy atom. The lowest BCUT2D eigenvalue weighted by Crippen LogP contribution is -2.27. The van der Waals surface area contributed by atoms with Crippen LogP contribution in [0, 0.1) is 5.82 Å². The fourth-order valence-electron chi connectivity index (χ4n) is 3.36. The number of carbonyl (C=O) groups is 2. The lowest BCUT2D eigenvalue weighted by molar-refractivity contribution is -0.123. The molecule has 3 aromatic carbocycles. The fraction of sp³-hybridized carbons (Fsp3) is 0.154. The van der Waals surface area contributed by atoms with Gasteiger partial charge in [-0.1, -0.05) is 62.2 Å². The van der Waals surface area contributed by atoms with Crippen LogP contribution >= 0.6 is 43.6 Å². The molecule has 0 aromatic heterocycles. The first kappa shape index (κ1) is 25.5. The second-order valence-corrected chi connectivity index (χ2v) is 10.3. The van der Waals surface area contributed by atoms with Crippen molar-refractivity contribution >= 4 is 60.8 Å². The van der Waals surface area contributed by atoms with E-state index in [1.807, 2.05) is 31.2 Å². The van der Waals surface area contributed by atoms with Crippen molar-refractivity contribution in [3.05, 3.63) is 97.0 Å². The van der Waals surface area contributed by atoms with Gasteiger partial charge in [0.2, 0.25) is 0 Å². The van der Waals surface area contributed by atoms with Crippen LogP contribution in [0.3, 0.4) is 0 Å². The van der Waals surface area contributed by atoms with Crippen LogP contribution < -0.4 is 9.47 Å². The zero-order valence-electron chi connectivity index (χ0n) is 18.6. The molecular formula is C26H20Br2FNO4S. The third-order valence-electron chi connectivity index (χ3n) is 5.12. The Balaban J connectivity index is 1.56. The van der Waals surface area contributed by atoms with Crippen molar-refractivity contribution in [2.24, 2.45) is 0 Å². The Bertz CT molecular complexity index is 1300. The smallest absolute Gasteiger partial charge is 0.293 e. The van der Waals surface area contributed by atoms with E-state index in [0.29, 0.717) is 38.6 Å². The number of thioether (sulfide) groups is 1. The normalized spacial score (nSPS) is 14.6. The maximum atomic E-state index is 14.0. The summed E-state index contributed by atoms with van der Waals surface area (Å²) in [7, 11) is 0. The standard InChI is InChI=1S/C26H20Br2FNO4S/c1-2-33-22-11-18(20(28)13-23(22)34-15-17-5-3-4-6-21(17)29)12-24-25(31)30(26(32)35-24)14-16-7-9-19(27)10-8-16/h3-13H,2,14-15H2,1H3/b24-12-. The Hall–Kier alpha value is -2.62.